The Kier molecular flexibility index (Phi) is 3.01. The molecular weight excluding hydrogens is 236 g/mol. The highest BCUT2D eigenvalue weighted by atomic mass is 16.5. The van der Waals surface area contributed by atoms with Gasteiger partial charge in [0, 0.05) is 11.6 Å². The Morgan fingerprint density at radius 1 is 0.895 bits per heavy atom. The number of benzene rings is 2. The standard InChI is InChI=1S/C16H18N2O/c17-15(16(18)10-11-16)12-6-8-14(9-7-12)19-13-4-2-1-3-5-13/h1-9,15H,10-11,17-18H2. The van der Waals surface area contributed by atoms with Gasteiger partial charge in [-0.1, -0.05) is 30.3 Å². The van der Waals surface area contributed by atoms with E-state index in [2.05, 4.69) is 0 Å². The van der Waals surface area contributed by atoms with Gasteiger partial charge in [0.1, 0.15) is 11.5 Å². The van der Waals surface area contributed by atoms with Crippen LogP contribution in [0.3, 0.4) is 0 Å². The molecule has 0 saturated heterocycles. The molecule has 1 saturated carbocycles. The van der Waals surface area contributed by atoms with E-state index in [4.69, 9.17) is 16.2 Å². The summed E-state index contributed by atoms with van der Waals surface area (Å²) in [5.41, 5.74) is 13.2. The molecule has 3 rings (SSSR count). The van der Waals surface area contributed by atoms with Crippen molar-refractivity contribution in [3.05, 3.63) is 60.2 Å². The van der Waals surface area contributed by atoms with Crippen molar-refractivity contribution >= 4 is 0 Å². The lowest BCUT2D eigenvalue weighted by Crippen LogP contribution is -2.36. The average Bonchev–Trinajstić information content (AvgIpc) is 3.19. The maximum Gasteiger partial charge on any atom is 0.127 e. The van der Waals surface area contributed by atoms with E-state index in [1.54, 1.807) is 0 Å². The molecule has 1 unspecified atom stereocenters. The van der Waals surface area contributed by atoms with Crippen molar-refractivity contribution in [2.24, 2.45) is 11.5 Å². The molecule has 1 atom stereocenters. The molecule has 0 amide bonds. The molecule has 0 aromatic heterocycles. The van der Waals surface area contributed by atoms with Gasteiger partial charge in [-0.2, -0.15) is 0 Å². The van der Waals surface area contributed by atoms with Crippen LogP contribution in [-0.4, -0.2) is 5.54 Å². The molecule has 3 heteroatoms. The zero-order chi connectivity index (χ0) is 13.3. The summed E-state index contributed by atoms with van der Waals surface area (Å²) in [5.74, 6) is 1.64. The van der Waals surface area contributed by atoms with Crippen LogP contribution in [0.4, 0.5) is 0 Å². The van der Waals surface area contributed by atoms with E-state index in [-0.39, 0.29) is 11.6 Å². The fraction of sp³-hybridized carbons (Fsp3) is 0.250. The van der Waals surface area contributed by atoms with Crippen LogP contribution in [0.15, 0.2) is 54.6 Å². The van der Waals surface area contributed by atoms with Gasteiger partial charge in [-0.25, -0.2) is 0 Å². The van der Waals surface area contributed by atoms with Gasteiger partial charge in [-0.05, 0) is 42.7 Å². The molecule has 0 aliphatic heterocycles. The summed E-state index contributed by atoms with van der Waals surface area (Å²) < 4.78 is 5.74. The molecule has 0 radical (unpaired) electrons. The predicted molar refractivity (Wildman–Crippen MR) is 76.0 cm³/mol. The summed E-state index contributed by atoms with van der Waals surface area (Å²) in [4.78, 5) is 0. The fourth-order valence-electron chi connectivity index (χ4n) is 2.16. The SMILES string of the molecule is NC(c1ccc(Oc2ccccc2)cc1)C1(N)CC1. The highest BCUT2D eigenvalue weighted by Gasteiger charge is 2.44. The van der Waals surface area contributed by atoms with Crippen LogP contribution in [0.1, 0.15) is 24.4 Å². The first-order chi connectivity index (χ1) is 9.17. The van der Waals surface area contributed by atoms with Crippen LogP contribution in [0.5, 0.6) is 11.5 Å². The van der Waals surface area contributed by atoms with Crippen LogP contribution in [0.2, 0.25) is 0 Å². The number of rotatable bonds is 4. The Morgan fingerprint density at radius 2 is 1.47 bits per heavy atom. The number of nitrogens with two attached hydrogens (primary N) is 2. The van der Waals surface area contributed by atoms with E-state index in [1.165, 1.54) is 0 Å². The third kappa shape index (κ3) is 2.62. The maximum atomic E-state index is 6.17. The third-order valence-corrected chi connectivity index (χ3v) is 3.66. The van der Waals surface area contributed by atoms with Crippen molar-refractivity contribution in [1.82, 2.24) is 0 Å². The zero-order valence-corrected chi connectivity index (χ0v) is 10.8. The van der Waals surface area contributed by atoms with Gasteiger partial charge in [0.05, 0.1) is 0 Å². The summed E-state index contributed by atoms with van der Waals surface area (Å²) in [6.45, 7) is 0. The molecular formula is C16H18N2O. The van der Waals surface area contributed by atoms with Gasteiger partial charge < -0.3 is 16.2 Å². The number of hydrogen-bond acceptors (Lipinski definition) is 3. The van der Waals surface area contributed by atoms with E-state index < -0.39 is 0 Å². The molecule has 0 bridgehead atoms. The molecule has 2 aromatic carbocycles. The summed E-state index contributed by atoms with van der Waals surface area (Å²) in [5, 5.41) is 0. The van der Waals surface area contributed by atoms with E-state index in [0.717, 1.165) is 29.9 Å². The summed E-state index contributed by atoms with van der Waals surface area (Å²) in [6, 6.07) is 17.5. The number of ether oxygens (including phenoxy) is 1. The summed E-state index contributed by atoms with van der Waals surface area (Å²) >= 11 is 0. The molecule has 1 aliphatic carbocycles. The first kappa shape index (κ1) is 12.2. The monoisotopic (exact) mass is 254 g/mol. The number of para-hydroxylation sites is 1. The molecule has 1 aliphatic rings. The topological polar surface area (TPSA) is 61.3 Å². The van der Waals surface area contributed by atoms with Crippen molar-refractivity contribution < 1.29 is 4.74 Å². The van der Waals surface area contributed by atoms with Crippen LogP contribution in [0.25, 0.3) is 0 Å². The highest BCUT2D eigenvalue weighted by Crippen LogP contribution is 2.42. The molecule has 19 heavy (non-hydrogen) atoms. The fourth-order valence-corrected chi connectivity index (χ4v) is 2.16. The van der Waals surface area contributed by atoms with E-state index in [9.17, 15) is 0 Å². The normalized spacial score (nSPS) is 17.8. The van der Waals surface area contributed by atoms with Gasteiger partial charge >= 0.3 is 0 Å². The Hall–Kier alpha value is -1.84. The van der Waals surface area contributed by atoms with Gasteiger partial charge in [0.2, 0.25) is 0 Å². The first-order valence-corrected chi connectivity index (χ1v) is 6.55. The van der Waals surface area contributed by atoms with Crippen molar-refractivity contribution in [2.75, 3.05) is 0 Å². The van der Waals surface area contributed by atoms with Gasteiger partial charge in [0.15, 0.2) is 0 Å². The maximum absolute atomic E-state index is 6.17. The summed E-state index contributed by atoms with van der Waals surface area (Å²) in [7, 11) is 0. The minimum atomic E-state index is -0.193. The lowest BCUT2D eigenvalue weighted by molar-refractivity contribution is 0.481. The second kappa shape index (κ2) is 4.68. The minimum absolute atomic E-state index is 0.0849. The van der Waals surface area contributed by atoms with Gasteiger partial charge in [-0.15, -0.1) is 0 Å². The Labute approximate surface area is 113 Å². The largest absolute Gasteiger partial charge is 0.457 e. The molecule has 4 N–H and O–H groups in total. The van der Waals surface area contributed by atoms with Crippen LogP contribution in [-0.2, 0) is 0 Å². The van der Waals surface area contributed by atoms with E-state index in [0.29, 0.717) is 0 Å². The van der Waals surface area contributed by atoms with E-state index >= 15 is 0 Å². The Bertz CT molecular complexity index is 547. The first-order valence-electron chi connectivity index (χ1n) is 6.55. The molecule has 0 heterocycles. The van der Waals surface area contributed by atoms with E-state index in [1.807, 2.05) is 54.6 Å². The van der Waals surface area contributed by atoms with Crippen molar-refractivity contribution in [3.63, 3.8) is 0 Å². The van der Waals surface area contributed by atoms with Crippen molar-refractivity contribution in [3.8, 4) is 11.5 Å². The smallest absolute Gasteiger partial charge is 0.127 e. The highest BCUT2D eigenvalue weighted by molar-refractivity contribution is 5.35. The molecule has 98 valence electrons. The lowest BCUT2D eigenvalue weighted by atomic mass is 9.99. The Balaban J connectivity index is 1.72. The summed E-state index contributed by atoms with van der Waals surface area (Å²) in [6.07, 6.45) is 2.02. The third-order valence-electron chi connectivity index (χ3n) is 3.66. The second-order valence-electron chi connectivity index (χ2n) is 5.19. The van der Waals surface area contributed by atoms with Crippen molar-refractivity contribution in [2.45, 2.75) is 24.4 Å². The van der Waals surface area contributed by atoms with Crippen LogP contribution < -0.4 is 16.2 Å². The average molecular weight is 254 g/mol. The van der Waals surface area contributed by atoms with Gasteiger partial charge in [0.25, 0.3) is 0 Å². The minimum Gasteiger partial charge on any atom is -0.457 e. The number of hydrogen-bond donors (Lipinski definition) is 2. The van der Waals surface area contributed by atoms with Gasteiger partial charge in [-0.3, -0.25) is 0 Å². The van der Waals surface area contributed by atoms with Crippen LogP contribution >= 0.6 is 0 Å². The molecule has 3 nitrogen and oxygen atoms in total. The predicted octanol–water partition coefficient (Wildman–Crippen LogP) is 2.97. The van der Waals surface area contributed by atoms with Crippen molar-refractivity contribution in [1.29, 1.82) is 0 Å². The Morgan fingerprint density at radius 3 is 2.05 bits per heavy atom. The quantitative estimate of drug-likeness (QED) is 0.881. The second-order valence-corrected chi connectivity index (χ2v) is 5.19. The molecule has 0 spiro atoms. The zero-order valence-electron chi connectivity index (χ0n) is 10.8. The molecule has 2 aromatic rings. The molecule has 1 fully saturated rings. The van der Waals surface area contributed by atoms with Crippen LogP contribution in [0, 0.1) is 0 Å². The lowest BCUT2D eigenvalue weighted by Gasteiger charge is -2.19.